The standard InChI is InChI=1S/C22H27F2N5O3/c1-21(20(25)31,17-7-9-19(28-27-17)32-15-4-2-3-5-15)29-11-10-22(23,24)16(13-29)14-6-8-18(30)26-12-14/h6-9,12,15-16H,2-5,10-11,13H2,1H3,(H2,25,31)(H,26,30)/t16-,21?/m1/s1. The number of primary amides is 1. The summed E-state index contributed by atoms with van der Waals surface area (Å²) in [6.07, 6.45) is 5.11. The molecule has 8 nitrogen and oxygen atoms in total. The molecule has 2 fully saturated rings. The number of carbonyl (C=O) groups is 1. The molecule has 0 spiro atoms. The number of H-pyrrole nitrogens is 1. The third-order valence-corrected chi connectivity index (χ3v) is 6.68. The number of halogens is 2. The monoisotopic (exact) mass is 447 g/mol. The summed E-state index contributed by atoms with van der Waals surface area (Å²) < 4.78 is 35.4. The Kier molecular flexibility index (Phi) is 5.98. The highest BCUT2D eigenvalue weighted by Crippen LogP contribution is 2.43. The van der Waals surface area contributed by atoms with Crippen molar-refractivity contribution in [3.8, 4) is 5.88 Å². The Hall–Kier alpha value is -2.88. The fourth-order valence-corrected chi connectivity index (χ4v) is 4.56. The number of alkyl halides is 2. The van der Waals surface area contributed by atoms with E-state index in [1.165, 1.54) is 18.3 Å². The summed E-state index contributed by atoms with van der Waals surface area (Å²) in [5.41, 5.74) is 4.51. The van der Waals surface area contributed by atoms with Crippen LogP contribution in [0.2, 0.25) is 0 Å². The lowest BCUT2D eigenvalue weighted by molar-refractivity contribution is -0.139. The van der Waals surface area contributed by atoms with Crippen LogP contribution in [0.1, 0.15) is 56.2 Å². The van der Waals surface area contributed by atoms with Gasteiger partial charge >= 0.3 is 0 Å². The fourth-order valence-electron chi connectivity index (χ4n) is 4.56. The number of ether oxygens (including phenoxy) is 1. The number of likely N-dealkylation sites (tertiary alicyclic amines) is 1. The number of hydrogen-bond donors (Lipinski definition) is 2. The average Bonchev–Trinajstić information content (AvgIpc) is 3.27. The molecule has 1 saturated heterocycles. The maximum absolute atomic E-state index is 14.8. The molecule has 1 amide bonds. The van der Waals surface area contributed by atoms with E-state index in [2.05, 4.69) is 15.2 Å². The van der Waals surface area contributed by atoms with Crippen molar-refractivity contribution in [2.24, 2.45) is 5.73 Å². The van der Waals surface area contributed by atoms with Crippen LogP contribution in [-0.2, 0) is 10.3 Å². The maximum atomic E-state index is 14.8. The molecule has 0 aromatic carbocycles. The quantitative estimate of drug-likeness (QED) is 0.703. The van der Waals surface area contributed by atoms with Crippen LogP contribution in [0.3, 0.4) is 0 Å². The Morgan fingerprint density at radius 1 is 1.25 bits per heavy atom. The Morgan fingerprint density at radius 3 is 2.59 bits per heavy atom. The highest BCUT2D eigenvalue weighted by atomic mass is 19.3. The third kappa shape index (κ3) is 4.23. The smallest absolute Gasteiger partial charge is 0.257 e. The van der Waals surface area contributed by atoms with E-state index in [0.717, 1.165) is 25.7 Å². The van der Waals surface area contributed by atoms with E-state index in [-0.39, 0.29) is 36.0 Å². The van der Waals surface area contributed by atoms with Gasteiger partial charge in [-0.2, -0.15) is 0 Å². The molecule has 3 heterocycles. The lowest BCUT2D eigenvalue weighted by Gasteiger charge is -2.45. The molecular formula is C22H27F2N5O3. The number of aromatic amines is 1. The van der Waals surface area contributed by atoms with Gasteiger partial charge in [0, 0.05) is 37.8 Å². The fraction of sp³-hybridized carbons (Fsp3) is 0.545. The van der Waals surface area contributed by atoms with E-state index < -0.39 is 29.7 Å². The van der Waals surface area contributed by atoms with Crippen molar-refractivity contribution in [3.05, 3.63) is 52.1 Å². The summed E-state index contributed by atoms with van der Waals surface area (Å²) in [5, 5.41) is 8.29. The molecule has 1 aliphatic heterocycles. The van der Waals surface area contributed by atoms with Crippen LogP contribution >= 0.6 is 0 Å². The first-order valence-corrected chi connectivity index (χ1v) is 10.8. The molecule has 10 heteroatoms. The van der Waals surface area contributed by atoms with Crippen LogP contribution in [-0.4, -0.2) is 51.1 Å². The van der Waals surface area contributed by atoms with Crippen LogP contribution in [0, 0.1) is 0 Å². The highest BCUT2D eigenvalue weighted by molar-refractivity contribution is 5.85. The Labute approximate surface area is 184 Å². The van der Waals surface area contributed by atoms with Crippen LogP contribution in [0.15, 0.2) is 35.3 Å². The number of carbonyl (C=O) groups excluding carboxylic acids is 1. The summed E-state index contributed by atoms with van der Waals surface area (Å²) in [6.45, 7) is 1.39. The zero-order valence-corrected chi connectivity index (χ0v) is 17.9. The average molecular weight is 447 g/mol. The van der Waals surface area contributed by atoms with Crippen molar-refractivity contribution >= 4 is 5.91 Å². The highest BCUT2D eigenvalue weighted by Gasteiger charge is 2.51. The minimum Gasteiger partial charge on any atom is -0.473 e. The number of amides is 1. The molecule has 4 rings (SSSR count). The molecule has 1 unspecified atom stereocenters. The van der Waals surface area contributed by atoms with Crippen molar-refractivity contribution in [2.45, 2.75) is 62.5 Å². The normalized spacial score (nSPS) is 23.5. The molecule has 3 N–H and O–H groups in total. The molecule has 172 valence electrons. The second kappa shape index (κ2) is 8.57. The van der Waals surface area contributed by atoms with Crippen LogP contribution in [0.5, 0.6) is 5.88 Å². The number of rotatable bonds is 6. The van der Waals surface area contributed by atoms with Gasteiger partial charge in [-0.1, -0.05) is 6.07 Å². The predicted octanol–water partition coefficient (Wildman–Crippen LogP) is 2.31. The van der Waals surface area contributed by atoms with E-state index >= 15 is 0 Å². The Morgan fingerprint density at radius 2 is 2.00 bits per heavy atom. The first-order valence-electron chi connectivity index (χ1n) is 10.8. The number of nitrogens with zero attached hydrogens (tertiary/aromatic N) is 3. The first-order chi connectivity index (χ1) is 15.2. The van der Waals surface area contributed by atoms with Crippen LogP contribution in [0.4, 0.5) is 8.78 Å². The van der Waals surface area contributed by atoms with Crippen molar-refractivity contribution in [3.63, 3.8) is 0 Å². The molecule has 1 saturated carbocycles. The summed E-state index contributed by atoms with van der Waals surface area (Å²) in [6, 6.07) is 5.85. The summed E-state index contributed by atoms with van der Waals surface area (Å²) in [5.74, 6) is -4.56. The second-order valence-electron chi connectivity index (χ2n) is 8.71. The van der Waals surface area contributed by atoms with Gasteiger partial charge in [0.15, 0.2) is 0 Å². The number of nitrogens with one attached hydrogen (secondary N) is 1. The van der Waals surface area contributed by atoms with Crippen molar-refractivity contribution in [1.82, 2.24) is 20.1 Å². The number of piperidine rings is 1. The zero-order valence-electron chi connectivity index (χ0n) is 17.9. The lowest BCUT2D eigenvalue weighted by atomic mass is 9.83. The van der Waals surface area contributed by atoms with Gasteiger partial charge in [-0.3, -0.25) is 14.5 Å². The number of aromatic nitrogens is 3. The van der Waals surface area contributed by atoms with Gasteiger partial charge in [0.05, 0.1) is 11.6 Å². The van der Waals surface area contributed by atoms with Gasteiger partial charge < -0.3 is 15.5 Å². The molecule has 2 aliphatic rings. The lowest BCUT2D eigenvalue weighted by Crippen LogP contribution is -2.59. The van der Waals surface area contributed by atoms with E-state index in [0.29, 0.717) is 5.88 Å². The Bertz CT molecular complexity index is 1000. The minimum atomic E-state index is -3.00. The Balaban J connectivity index is 1.60. The number of pyridine rings is 1. The van der Waals surface area contributed by atoms with Gasteiger partial charge in [-0.15, -0.1) is 10.2 Å². The van der Waals surface area contributed by atoms with E-state index in [1.807, 2.05) is 0 Å². The van der Waals surface area contributed by atoms with E-state index in [1.54, 1.807) is 24.0 Å². The van der Waals surface area contributed by atoms with Crippen LogP contribution < -0.4 is 16.0 Å². The molecule has 0 bridgehead atoms. The summed E-state index contributed by atoms with van der Waals surface area (Å²) in [7, 11) is 0. The zero-order chi connectivity index (χ0) is 22.9. The molecule has 1 aliphatic carbocycles. The summed E-state index contributed by atoms with van der Waals surface area (Å²) >= 11 is 0. The van der Waals surface area contributed by atoms with Gasteiger partial charge in [0.2, 0.25) is 17.3 Å². The number of hydrogen-bond acceptors (Lipinski definition) is 6. The first kappa shape index (κ1) is 22.3. The van der Waals surface area contributed by atoms with Crippen molar-refractivity contribution in [1.29, 1.82) is 0 Å². The maximum Gasteiger partial charge on any atom is 0.257 e. The largest absolute Gasteiger partial charge is 0.473 e. The van der Waals surface area contributed by atoms with Gasteiger partial charge in [0.25, 0.3) is 5.92 Å². The molecule has 0 radical (unpaired) electrons. The van der Waals surface area contributed by atoms with Gasteiger partial charge in [-0.05, 0) is 44.2 Å². The van der Waals surface area contributed by atoms with Gasteiger partial charge in [-0.25, -0.2) is 8.78 Å². The second-order valence-corrected chi connectivity index (χ2v) is 8.71. The molecule has 2 atom stereocenters. The predicted molar refractivity (Wildman–Crippen MR) is 112 cm³/mol. The van der Waals surface area contributed by atoms with Crippen molar-refractivity contribution < 1.29 is 18.3 Å². The van der Waals surface area contributed by atoms with Crippen molar-refractivity contribution in [2.75, 3.05) is 13.1 Å². The number of nitrogens with two attached hydrogens (primary N) is 1. The minimum absolute atomic E-state index is 0.0473. The third-order valence-electron chi connectivity index (χ3n) is 6.68. The molecule has 32 heavy (non-hydrogen) atoms. The molecular weight excluding hydrogens is 420 g/mol. The summed E-state index contributed by atoms with van der Waals surface area (Å²) in [4.78, 5) is 28.0. The van der Waals surface area contributed by atoms with Crippen LogP contribution in [0.25, 0.3) is 0 Å². The molecule has 2 aromatic rings. The topological polar surface area (TPSA) is 114 Å². The van der Waals surface area contributed by atoms with E-state index in [9.17, 15) is 18.4 Å². The SMILES string of the molecule is CC(C(N)=O)(c1ccc(OC2CCCC2)nn1)N1CCC(F)(F)[C@@H](c2ccc(=O)[nH]c2)C1. The molecule has 2 aromatic heterocycles. The van der Waals surface area contributed by atoms with E-state index in [4.69, 9.17) is 10.5 Å². The van der Waals surface area contributed by atoms with Gasteiger partial charge in [0.1, 0.15) is 11.6 Å².